The number of aromatic hydroxyl groups is 1. The Hall–Kier alpha value is -8.77. The minimum atomic E-state index is -1.05. The Morgan fingerprint density at radius 1 is 0.533 bits per heavy atom. The number of carbonyl (C=O) groups is 10. The Bertz CT molecular complexity index is 2840. The summed E-state index contributed by atoms with van der Waals surface area (Å²) in [5, 5.41) is 60.8. The van der Waals surface area contributed by atoms with Crippen LogP contribution in [0.25, 0.3) is 0 Å². The van der Waals surface area contributed by atoms with Crippen LogP contribution in [-0.4, -0.2) is 228 Å². The smallest absolute Gasteiger partial charge is 0.344 e. The highest BCUT2D eigenvalue weighted by molar-refractivity contribution is 5.93. The van der Waals surface area contributed by atoms with Crippen molar-refractivity contribution in [1.29, 1.82) is 0 Å². The fourth-order valence-corrected chi connectivity index (χ4v) is 10.2. The molecule has 29 heteroatoms. The number of amides is 8. The number of aliphatic imine (C=N–C) groups is 1. The number of carboxylic acid groups (broad SMARTS) is 3. The molecule has 492 valence electrons. The van der Waals surface area contributed by atoms with Gasteiger partial charge in [0.2, 0.25) is 35.4 Å². The van der Waals surface area contributed by atoms with Crippen molar-refractivity contribution >= 4 is 71.0 Å². The quantitative estimate of drug-likeness (QED) is 0.0215. The Kier molecular flexibility index (Phi) is 31.4. The number of rotatable bonds is 34. The lowest BCUT2D eigenvalue weighted by molar-refractivity contribution is -0.140. The molecule has 0 radical (unpaired) electrons. The Balaban J connectivity index is 1.09. The van der Waals surface area contributed by atoms with Crippen LogP contribution in [0.1, 0.15) is 93.0 Å². The van der Waals surface area contributed by atoms with Gasteiger partial charge in [0.05, 0.1) is 26.2 Å². The number of guanidine groups is 1. The number of nitrogens with one attached hydrogen (secondary N) is 8. The molecule has 3 aromatic rings. The number of hydrogen-bond donors (Lipinski definition) is 13. The number of nitrogens with zero attached hydrogens (tertiary/aromatic N) is 6. The molecule has 2 aliphatic rings. The SMILES string of the molecule is CCC(=O)NCCNC(=O)/N=C(/N)NCCC[C@@H](NC(=O)[C@@H](c1cccc(NC(=O)CCCNC(=O)CCCCCNC(=O)CN2CCN(CC(=O)O)CCN(CC(=O)O)CCN(CC(=O)O)CC2)c1)N1Cc2ccccc2C1)C(=O)NCc1ccc(O)cc1. The molecule has 3 aromatic carbocycles. The number of nitrogens with two attached hydrogens (primary N) is 1. The fourth-order valence-electron chi connectivity index (χ4n) is 10.2. The molecule has 14 N–H and O–H groups in total. The summed E-state index contributed by atoms with van der Waals surface area (Å²) >= 11 is 0. The van der Waals surface area contributed by atoms with Crippen LogP contribution in [0.2, 0.25) is 0 Å². The van der Waals surface area contributed by atoms with Gasteiger partial charge in [-0.05, 0) is 78.6 Å². The zero-order chi connectivity index (χ0) is 65.2. The van der Waals surface area contributed by atoms with Crippen LogP contribution in [0.4, 0.5) is 10.5 Å². The molecule has 0 aliphatic carbocycles. The standard InChI is InChI=1S/C61H89N15O14/c1-2-50(78)65-25-26-67-61(90)71-60(62)66-24-9-15-49(58(88)68-36-43-18-20-48(77)21-19-43)70-59(89)57(76-37-45-11-5-6-12-46(45)38-76)44-13-8-14-47(35-44)69-52(80)17-10-23-63-51(79)16-4-3-7-22-64-53(81)39-72-27-29-73(40-54(82)83)31-33-75(42-56(86)87)34-32-74(30-28-72)41-55(84)85/h5-6,8,11-14,18-21,35,49,57,77H,2-4,7,9-10,15-17,22-34,36-42H2,1H3,(H,63,79)(H,64,81)(H,65,78)(H,68,88)(H,69,80)(H,70,89)(H,82,83)(H,84,85)(H,86,87)(H4,62,66,67,71,90)/t49-,57-/m1/s1. The largest absolute Gasteiger partial charge is 0.508 e. The number of urea groups is 1. The summed E-state index contributed by atoms with van der Waals surface area (Å²) in [6, 6.07) is 18.5. The summed E-state index contributed by atoms with van der Waals surface area (Å²) in [6.07, 6.45) is 3.24. The normalized spacial score (nSPS) is 15.3. The number of benzene rings is 3. The van der Waals surface area contributed by atoms with Crippen LogP contribution in [0.5, 0.6) is 5.75 Å². The van der Waals surface area contributed by atoms with Crippen molar-refractivity contribution in [3.05, 3.63) is 95.1 Å². The van der Waals surface area contributed by atoms with E-state index in [-0.39, 0.29) is 153 Å². The number of fused-ring (bicyclic) bond motifs is 1. The third-order valence-corrected chi connectivity index (χ3v) is 14.9. The first-order chi connectivity index (χ1) is 43.2. The van der Waals surface area contributed by atoms with Crippen LogP contribution in [0.3, 0.4) is 0 Å². The third-order valence-electron chi connectivity index (χ3n) is 14.9. The third kappa shape index (κ3) is 28.2. The van der Waals surface area contributed by atoms with Crippen LogP contribution >= 0.6 is 0 Å². The van der Waals surface area contributed by atoms with Gasteiger partial charge in [-0.3, -0.25) is 67.7 Å². The molecule has 1 saturated heterocycles. The molecule has 0 aromatic heterocycles. The second kappa shape index (κ2) is 39.3. The Morgan fingerprint density at radius 3 is 1.66 bits per heavy atom. The second-order valence-corrected chi connectivity index (χ2v) is 22.1. The zero-order valence-corrected chi connectivity index (χ0v) is 51.2. The highest BCUT2D eigenvalue weighted by atomic mass is 16.4. The molecule has 2 heterocycles. The summed E-state index contributed by atoms with van der Waals surface area (Å²) in [7, 11) is 0. The van der Waals surface area contributed by atoms with Crippen molar-refractivity contribution in [3.63, 3.8) is 0 Å². The summed E-state index contributed by atoms with van der Waals surface area (Å²) in [5.41, 5.74) is 9.76. The number of hydrogen-bond acceptors (Lipinski definition) is 16. The van der Waals surface area contributed by atoms with E-state index in [1.54, 1.807) is 58.0 Å². The van der Waals surface area contributed by atoms with E-state index in [4.69, 9.17) is 5.73 Å². The predicted octanol–water partition coefficient (Wildman–Crippen LogP) is 0.157. The van der Waals surface area contributed by atoms with Gasteiger partial charge in [-0.2, -0.15) is 4.99 Å². The van der Waals surface area contributed by atoms with Crippen molar-refractivity contribution < 1.29 is 68.4 Å². The van der Waals surface area contributed by atoms with Gasteiger partial charge in [0.25, 0.3) is 0 Å². The molecule has 90 heavy (non-hydrogen) atoms. The van der Waals surface area contributed by atoms with E-state index in [0.717, 1.165) is 11.1 Å². The number of carboxylic acids is 3. The minimum absolute atomic E-state index is 0.00444. The molecule has 2 aliphatic heterocycles. The maximum absolute atomic E-state index is 14.8. The lowest BCUT2D eigenvalue weighted by atomic mass is 10.0. The second-order valence-electron chi connectivity index (χ2n) is 22.1. The summed E-state index contributed by atoms with van der Waals surface area (Å²) in [6.45, 7) is 5.30. The van der Waals surface area contributed by atoms with Crippen LogP contribution in [-0.2, 0) is 62.8 Å². The first-order valence-corrected chi connectivity index (χ1v) is 30.5. The first-order valence-electron chi connectivity index (χ1n) is 30.5. The molecule has 0 saturated carbocycles. The van der Waals surface area contributed by atoms with E-state index in [1.807, 2.05) is 34.1 Å². The van der Waals surface area contributed by atoms with Crippen molar-refractivity contribution in [2.75, 3.05) is 117 Å². The van der Waals surface area contributed by atoms with Crippen LogP contribution in [0.15, 0.2) is 77.8 Å². The number of anilines is 1. The highest BCUT2D eigenvalue weighted by Gasteiger charge is 2.35. The molecule has 1 fully saturated rings. The Labute approximate surface area is 523 Å². The molecule has 5 rings (SSSR count). The molecular weight excluding hydrogens is 1170 g/mol. The van der Waals surface area contributed by atoms with Gasteiger partial charge in [0.1, 0.15) is 17.8 Å². The van der Waals surface area contributed by atoms with Crippen LogP contribution in [0, 0.1) is 0 Å². The predicted molar refractivity (Wildman–Crippen MR) is 333 cm³/mol. The van der Waals surface area contributed by atoms with Crippen molar-refractivity contribution in [1.82, 2.24) is 61.7 Å². The topological polar surface area (TPSA) is 402 Å². The lowest BCUT2D eigenvalue weighted by Gasteiger charge is -2.32. The maximum atomic E-state index is 14.8. The highest BCUT2D eigenvalue weighted by Crippen LogP contribution is 2.33. The average molecular weight is 1260 g/mol. The number of carbonyl (C=O) groups excluding carboxylic acids is 7. The molecule has 0 bridgehead atoms. The molecular formula is C61H89N15O14. The molecule has 8 amide bonds. The molecule has 0 unspecified atom stereocenters. The maximum Gasteiger partial charge on any atom is 0.344 e. The van der Waals surface area contributed by atoms with Gasteiger partial charge < -0.3 is 68.7 Å². The van der Waals surface area contributed by atoms with E-state index >= 15 is 0 Å². The summed E-state index contributed by atoms with van der Waals surface area (Å²) in [5.74, 6) is -5.07. The van der Waals surface area contributed by atoms with E-state index < -0.39 is 47.8 Å². The molecule has 2 atom stereocenters. The molecule has 0 spiro atoms. The fraction of sp³-hybridized carbons (Fsp3) is 0.525. The van der Waals surface area contributed by atoms with Crippen molar-refractivity contribution in [2.24, 2.45) is 10.7 Å². The van der Waals surface area contributed by atoms with E-state index in [2.05, 4.69) is 47.5 Å². The van der Waals surface area contributed by atoms with E-state index in [0.29, 0.717) is 88.1 Å². The number of phenols is 1. The van der Waals surface area contributed by atoms with Gasteiger partial charge in [-0.1, -0.05) is 61.9 Å². The zero-order valence-electron chi connectivity index (χ0n) is 51.2. The van der Waals surface area contributed by atoms with Gasteiger partial charge in [0, 0.05) is 130 Å². The number of aliphatic carboxylic acids is 3. The summed E-state index contributed by atoms with van der Waals surface area (Å²) in [4.78, 5) is 139. The van der Waals surface area contributed by atoms with Crippen molar-refractivity contribution in [2.45, 2.75) is 96.4 Å². The van der Waals surface area contributed by atoms with Crippen LogP contribution < -0.4 is 48.3 Å². The summed E-state index contributed by atoms with van der Waals surface area (Å²) < 4.78 is 0. The van der Waals surface area contributed by atoms with Crippen molar-refractivity contribution in [3.8, 4) is 5.75 Å². The first kappa shape index (κ1) is 72.0. The molecule has 29 nitrogen and oxygen atoms in total. The van der Waals surface area contributed by atoms with Gasteiger partial charge in [-0.25, -0.2) is 4.79 Å². The van der Waals surface area contributed by atoms with E-state index in [1.165, 1.54) is 12.1 Å². The minimum Gasteiger partial charge on any atom is -0.508 e. The number of unbranched alkanes of at least 4 members (excludes halogenated alkanes) is 2. The number of phenolic OH excluding ortho intramolecular Hbond substituents is 1. The van der Waals surface area contributed by atoms with Gasteiger partial charge >= 0.3 is 23.9 Å². The average Bonchev–Trinajstić information content (AvgIpc) is 1.70. The van der Waals surface area contributed by atoms with Gasteiger partial charge in [-0.15, -0.1) is 0 Å². The Morgan fingerprint density at radius 2 is 1.07 bits per heavy atom. The van der Waals surface area contributed by atoms with E-state index in [9.17, 15) is 68.4 Å². The van der Waals surface area contributed by atoms with Gasteiger partial charge in [0.15, 0.2) is 5.96 Å². The lowest BCUT2D eigenvalue weighted by Crippen LogP contribution is -2.50. The monoisotopic (exact) mass is 1260 g/mol.